The number of phenolic OH excluding ortho intramolecular Hbond substituents is 1. The summed E-state index contributed by atoms with van der Waals surface area (Å²) in [6.45, 7) is 6.62. The Morgan fingerprint density at radius 2 is 1.65 bits per heavy atom. The standard InChI is InChI=1S/C18H20O2/c1-12-13(2)18(3,14-8-10-15(19)11-9-14)20-17-7-5-4-6-16(12)17/h4-13,19H,1-3H3. The maximum atomic E-state index is 9.47. The average Bonchev–Trinajstić information content (AvgIpc) is 2.46. The zero-order valence-corrected chi connectivity index (χ0v) is 12.1. The van der Waals surface area contributed by atoms with Crippen molar-refractivity contribution >= 4 is 0 Å². The average molecular weight is 268 g/mol. The van der Waals surface area contributed by atoms with E-state index in [-0.39, 0.29) is 11.4 Å². The number of rotatable bonds is 1. The van der Waals surface area contributed by atoms with Crippen LogP contribution in [0.3, 0.4) is 0 Å². The van der Waals surface area contributed by atoms with Crippen LogP contribution in [0.1, 0.15) is 37.8 Å². The van der Waals surface area contributed by atoms with E-state index < -0.39 is 0 Å². The highest BCUT2D eigenvalue weighted by atomic mass is 16.5. The van der Waals surface area contributed by atoms with Gasteiger partial charge in [0.25, 0.3) is 0 Å². The fraction of sp³-hybridized carbons (Fsp3) is 0.333. The summed E-state index contributed by atoms with van der Waals surface area (Å²) in [4.78, 5) is 0. The number of para-hydroxylation sites is 1. The molecular formula is C18H20O2. The number of hydrogen-bond acceptors (Lipinski definition) is 2. The molecule has 3 atom stereocenters. The summed E-state index contributed by atoms with van der Waals surface area (Å²) in [6, 6.07) is 15.6. The number of fused-ring (bicyclic) bond motifs is 1. The van der Waals surface area contributed by atoms with Crippen LogP contribution in [0.15, 0.2) is 48.5 Å². The molecule has 1 N–H and O–H groups in total. The molecule has 1 aliphatic heterocycles. The molecule has 2 heteroatoms. The van der Waals surface area contributed by atoms with Crippen LogP contribution in [0.25, 0.3) is 0 Å². The summed E-state index contributed by atoms with van der Waals surface area (Å²) in [5.74, 6) is 2.03. The smallest absolute Gasteiger partial charge is 0.134 e. The second-order valence-electron chi connectivity index (χ2n) is 5.87. The molecule has 3 unspecified atom stereocenters. The van der Waals surface area contributed by atoms with Crippen molar-refractivity contribution in [3.8, 4) is 11.5 Å². The Labute approximate surface area is 120 Å². The maximum Gasteiger partial charge on any atom is 0.134 e. The second-order valence-corrected chi connectivity index (χ2v) is 5.87. The van der Waals surface area contributed by atoms with E-state index in [2.05, 4.69) is 32.9 Å². The van der Waals surface area contributed by atoms with Crippen molar-refractivity contribution in [2.24, 2.45) is 5.92 Å². The molecule has 1 aliphatic rings. The van der Waals surface area contributed by atoms with E-state index in [9.17, 15) is 5.11 Å². The lowest BCUT2D eigenvalue weighted by Crippen LogP contribution is -2.42. The summed E-state index contributed by atoms with van der Waals surface area (Å²) < 4.78 is 6.35. The first kappa shape index (κ1) is 13.0. The van der Waals surface area contributed by atoms with Gasteiger partial charge in [-0.25, -0.2) is 0 Å². The monoisotopic (exact) mass is 268 g/mol. The first-order chi connectivity index (χ1) is 9.52. The molecule has 0 saturated heterocycles. The predicted octanol–water partition coefficient (Wildman–Crippen LogP) is 4.44. The van der Waals surface area contributed by atoms with Crippen LogP contribution in [-0.2, 0) is 5.60 Å². The van der Waals surface area contributed by atoms with Gasteiger partial charge in [0.2, 0.25) is 0 Å². The minimum atomic E-state index is -0.374. The topological polar surface area (TPSA) is 29.5 Å². The van der Waals surface area contributed by atoms with E-state index in [0.29, 0.717) is 11.8 Å². The van der Waals surface area contributed by atoms with Gasteiger partial charge in [-0.15, -0.1) is 0 Å². The van der Waals surface area contributed by atoms with Crippen LogP contribution in [0.2, 0.25) is 0 Å². The number of hydrogen-bond donors (Lipinski definition) is 1. The van der Waals surface area contributed by atoms with Crippen molar-refractivity contribution in [2.75, 3.05) is 0 Å². The molecule has 0 spiro atoms. The summed E-state index contributed by atoms with van der Waals surface area (Å²) in [5, 5.41) is 9.47. The van der Waals surface area contributed by atoms with Crippen molar-refractivity contribution in [3.63, 3.8) is 0 Å². The summed E-state index contributed by atoms with van der Waals surface area (Å²) in [5.41, 5.74) is 2.00. The van der Waals surface area contributed by atoms with Crippen molar-refractivity contribution in [3.05, 3.63) is 59.7 Å². The molecule has 2 aromatic rings. The van der Waals surface area contributed by atoms with E-state index in [1.54, 1.807) is 12.1 Å². The Bertz CT molecular complexity index is 618. The van der Waals surface area contributed by atoms with Gasteiger partial charge in [-0.3, -0.25) is 0 Å². The highest BCUT2D eigenvalue weighted by Crippen LogP contribution is 2.49. The SMILES string of the molecule is CC1c2ccccc2OC(C)(c2ccc(O)cc2)C1C. The second kappa shape index (κ2) is 4.55. The van der Waals surface area contributed by atoms with E-state index in [1.165, 1.54) is 5.56 Å². The van der Waals surface area contributed by atoms with Crippen molar-refractivity contribution < 1.29 is 9.84 Å². The molecule has 0 aliphatic carbocycles. The van der Waals surface area contributed by atoms with Gasteiger partial charge in [-0.1, -0.05) is 44.2 Å². The first-order valence-electron chi connectivity index (χ1n) is 7.10. The molecule has 1 heterocycles. The van der Waals surface area contributed by atoms with Gasteiger partial charge < -0.3 is 9.84 Å². The number of ether oxygens (including phenoxy) is 1. The van der Waals surface area contributed by atoms with E-state index in [0.717, 1.165) is 11.3 Å². The lowest BCUT2D eigenvalue weighted by Gasteiger charge is -2.44. The Balaban J connectivity index is 2.08. The molecule has 2 nitrogen and oxygen atoms in total. The van der Waals surface area contributed by atoms with E-state index in [4.69, 9.17) is 4.74 Å². The van der Waals surface area contributed by atoms with Gasteiger partial charge in [0.05, 0.1) is 0 Å². The van der Waals surface area contributed by atoms with Gasteiger partial charge in [0.15, 0.2) is 0 Å². The first-order valence-corrected chi connectivity index (χ1v) is 7.10. The largest absolute Gasteiger partial charge is 0.508 e. The molecule has 0 fully saturated rings. The minimum absolute atomic E-state index is 0.286. The number of benzene rings is 2. The molecule has 0 saturated carbocycles. The zero-order chi connectivity index (χ0) is 14.3. The molecule has 20 heavy (non-hydrogen) atoms. The van der Waals surface area contributed by atoms with Crippen LogP contribution in [-0.4, -0.2) is 5.11 Å². The summed E-state index contributed by atoms with van der Waals surface area (Å²) >= 11 is 0. The van der Waals surface area contributed by atoms with Crippen molar-refractivity contribution in [2.45, 2.75) is 32.3 Å². The molecule has 0 aromatic heterocycles. The van der Waals surface area contributed by atoms with Crippen LogP contribution in [0.4, 0.5) is 0 Å². The molecule has 104 valence electrons. The maximum absolute atomic E-state index is 9.47. The van der Waals surface area contributed by atoms with Gasteiger partial charge in [0.1, 0.15) is 17.1 Å². The Hall–Kier alpha value is -1.96. The quantitative estimate of drug-likeness (QED) is 0.828. The zero-order valence-electron chi connectivity index (χ0n) is 12.1. The third kappa shape index (κ3) is 1.87. The lowest BCUT2D eigenvalue weighted by atomic mass is 9.72. The predicted molar refractivity (Wildman–Crippen MR) is 80.1 cm³/mol. The molecule has 0 radical (unpaired) electrons. The van der Waals surface area contributed by atoms with Crippen LogP contribution in [0.5, 0.6) is 11.5 Å². The Morgan fingerprint density at radius 3 is 2.35 bits per heavy atom. The fourth-order valence-electron chi connectivity index (χ4n) is 3.13. The molecule has 0 bridgehead atoms. The highest BCUT2D eigenvalue weighted by Gasteiger charge is 2.43. The fourth-order valence-corrected chi connectivity index (χ4v) is 3.13. The van der Waals surface area contributed by atoms with Gasteiger partial charge in [-0.2, -0.15) is 0 Å². The lowest BCUT2D eigenvalue weighted by molar-refractivity contribution is 0.000497. The normalized spacial score (nSPS) is 28.6. The van der Waals surface area contributed by atoms with Gasteiger partial charge in [-0.05, 0) is 42.2 Å². The van der Waals surface area contributed by atoms with Gasteiger partial charge >= 0.3 is 0 Å². The molecule has 2 aromatic carbocycles. The van der Waals surface area contributed by atoms with Crippen LogP contribution >= 0.6 is 0 Å². The summed E-state index contributed by atoms with van der Waals surface area (Å²) in [6.07, 6.45) is 0. The van der Waals surface area contributed by atoms with Crippen molar-refractivity contribution in [1.29, 1.82) is 0 Å². The highest BCUT2D eigenvalue weighted by molar-refractivity contribution is 5.42. The van der Waals surface area contributed by atoms with E-state index in [1.807, 2.05) is 24.3 Å². The molecular weight excluding hydrogens is 248 g/mol. The van der Waals surface area contributed by atoms with Crippen molar-refractivity contribution in [1.82, 2.24) is 0 Å². The number of phenols is 1. The third-order valence-electron chi connectivity index (χ3n) is 4.79. The summed E-state index contributed by atoms with van der Waals surface area (Å²) in [7, 11) is 0. The van der Waals surface area contributed by atoms with Crippen LogP contribution in [0, 0.1) is 5.92 Å². The Morgan fingerprint density at radius 1 is 1.00 bits per heavy atom. The third-order valence-corrected chi connectivity index (χ3v) is 4.79. The van der Waals surface area contributed by atoms with Crippen LogP contribution < -0.4 is 4.74 Å². The van der Waals surface area contributed by atoms with Gasteiger partial charge in [0, 0.05) is 5.92 Å². The number of aromatic hydroxyl groups is 1. The van der Waals surface area contributed by atoms with E-state index >= 15 is 0 Å². The Kier molecular flexibility index (Phi) is 2.97. The minimum Gasteiger partial charge on any atom is -0.508 e. The molecule has 0 amide bonds. The molecule has 3 rings (SSSR count).